The molecule has 4 aliphatic carbocycles. The number of carbonyl (C=O) groups excluding carboxylic acids is 2. The van der Waals surface area contributed by atoms with Crippen molar-refractivity contribution < 1.29 is 23.5 Å². The molecule has 5 heteroatoms. The van der Waals surface area contributed by atoms with Gasteiger partial charge in [-0.05, 0) is 66.6 Å². The van der Waals surface area contributed by atoms with Gasteiger partial charge in [0.25, 0.3) is 0 Å². The average Bonchev–Trinajstić information content (AvgIpc) is 3.10. The fourth-order valence-corrected chi connectivity index (χ4v) is 9.76. The van der Waals surface area contributed by atoms with E-state index < -0.39 is 5.41 Å². The van der Waals surface area contributed by atoms with Gasteiger partial charge in [-0.1, -0.05) is 40.7 Å². The SMILES string of the molecule is CC(=O)O[C@@H]1C[C@H]2C(C)(C)C(=O)C=C[C@]2(C)[C@H]2CC[C@@]3(C)[C@H](c4ccoc4)C[C@H]4O[C@]43[C@@]21C. The summed E-state index contributed by atoms with van der Waals surface area (Å²) in [5.41, 5.74) is -0.107. The van der Waals surface area contributed by atoms with E-state index in [2.05, 4.69) is 46.8 Å². The number of hydrogen-bond donors (Lipinski definition) is 0. The van der Waals surface area contributed by atoms with E-state index in [4.69, 9.17) is 13.9 Å². The van der Waals surface area contributed by atoms with Gasteiger partial charge in [0, 0.05) is 23.2 Å². The molecule has 33 heavy (non-hydrogen) atoms. The predicted octanol–water partition coefficient (Wildman–Crippen LogP) is 5.45. The molecule has 0 N–H and O–H groups in total. The van der Waals surface area contributed by atoms with Crippen LogP contribution in [0.2, 0.25) is 0 Å². The van der Waals surface area contributed by atoms with Crippen LogP contribution in [0.5, 0.6) is 0 Å². The Balaban J connectivity index is 1.52. The number of fused-ring (bicyclic) bond motifs is 3. The van der Waals surface area contributed by atoms with Crippen LogP contribution in [0.1, 0.15) is 78.7 Å². The second-order valence-electron chi connectivity index (χ2n) is 12.7. The average molecular weight is 453 g/mol. The lowest BCUT2D eigenvalue weighted by Crippen LogP contribution is -2.70. The number of carbonyl (C=O) groups is 2. The first-order valence-corrected chi connectivity index (χ1v) is 12.5. The molecule has 0 radical (unpaired) electrons. The van der Waals surface area contributed by atoms with Crippen molar-refractivity contribution >= 4 is 11.8 Å². The summed E-state index contributed by atoms with van der Waals surface area (Å²) in [5, 5.41) is 0. The number of ketones is 1. The van der Waals surface area contributed by atoms with E-state index in [1.165, 1.54) is 12.5 Å². The highest BCUT2D eigenvalue weighted by Gasteiger charge is 2.87. The first kappa shape index (κ1) is 21.6. The Morgan fingerprint density at radius 1 is 1.12 bits per heavy atom. The molecular formula is C28H36O5. The van der Waals surface area contributed by atoms with Crippen molar-refractivity contribution in [3.8, 4) is 0 Å². The summed E-state index contributed by atoms with van der Waals surface area (Å²) < 4.78 is 18.4. The van der Waals surface area contributed by atoms with Crippen molar-refractivity contribution in [2.45, 2.75) is 91.0 Å². The van der Waals surface area contributed by atoms with Crippen LogP contribution in [0.25, 0.3) is 0 Å². The standard InChI is InChI=1S/C28H36O5/c1-16(29)32-22-14-20-24(2,3)21(30)8-10-25(20,4)19-7-11-26(5)18(17-9-12-31-15-17)13-23-28(26,33-23)27(19,22)6/h8-10,12,15,18-20,22-23H,7,11,13-14H2,1-6H3/t18-,19+,20-,22+,23+,25+,26-,27-,28+/m0/s1. The summed E-state index contributed by atoms with van der Waals surface area (Å²) in [7, 11) is 0. The molecule has 5 aliphatic rings. The number of esters is 1. The third kappa shape index (κ3) is 2.28. The van der Waals surface area contributed by atoms with Gasteiger partial charge < -0.3 is 13.9 Å². The number of ether oxygens (including phenoxy) is 2. The molecule has 9 atom stereocenters. The van der Waals surface area contributed by atoms with E-state index >= 15 is 0 Å². The van der Waals surface area contributed by atoms with E-state index in [0.717, 1.165) is 19.3 Å². The monoisotopic (exact) mass is 452 g/mol. The Morgan fingerprint density at radius 3 is 2.55 bits per heavy atom. The van der Waals surface area contributed by atoms with Crippen LogP contribution in [0.15, 0.2) is 35.2 Å². The van der Waals surface area contributed by atoms with Crippen LogP contribution >= 0.6 is 0 Å². The maximum absolute atomic E-state index is 12.9. The summed E-state index contributed by atoms with van der Waals surface area (Å²) in [5.74, 6) is 0.683. The zero-order valence-electron chi connectivity index (χ0n) is 20.6. The molecule has 0 aromatic carbocycles. The molecule has 1 aromatic rings. The first-order chi connectivity index (χ1) is 15.4. The number of allylic oxidation sites excluding steroid dienone is 2. The van der Waals surface area contributed by atoms with Crippen molar-refractivity contribution in [2.24, 2.45) is 33.5 Å². The highest BCUT2D eigenvalue weighted by atomic mass is 16.6. The number of epoxide rings is 1. The van der Waals surface area contributed by atoms with E-state index in [1.54, 1.807) is 6.26 Å². The highest BCUT2D eigenvalue weighted by molar-refractivity contribution is 5.95. The van der Waals surface area contributed by atoms with E-state index in [-0.39, 0.29) is 57.6 Å². The fourth-order valence-electron chi connectivity index (χ4n) is 9.76. The van der Waals surface area contributed by atoms with E-state index in [9.17, 15) is 9.59 Å². The second kappa shape index (κ2) is 6.21. The predicted molar refractivity (Wildman–Crippen MR) is 122 cm³/mol. The summed E-state index contributed by atoms with van der Waals surface area (Å²) in [6.45, 7) is 12.7. The van der Waals surface area contributed by atoms with Crippen molar-refractivity contribution in [2.75, 3.05) is 0 Å². The van der Waals surface area contributed by atoms with Gasteiger partial charge in [0.15, 0.2) is 5.78 Å². The third-order valence-corrected chi connectivity index (χ3v) is 11.2. The minimum Gasteiger partial charge on any atom is -0.472 e. The molecule has 1 saturated heterocycles. The molecule has 5 nitrogen and oxygen atoms in total. The van der Waals surface area contributed by atoms with Crippen LogP contribution in [0.4, 0.5) is 0 Å². The van der Waals surface area contributed by atoms with Crippen molar-refractivity contribution in [1.82, 2.24) is 0 Å². The molecular weight excluding hydrogens is 416 g/mol. The molecule has 0 unspecified atom stereocenters. The highest BCUT2D eigenvalue weighted by Crippen LogP contribution is 2.82. The quantitative estimate of drug-likeness (QED) is 0.441. The zero-order chi connectivity index (χ0) is 23.6. The van der Waals surface area contributed by atoms with Crippen LogP contribution in [-0.2, 0) is 19.1 Å². The van der Waals surface area contributed by atoms with Gasteiger partial charge >= 0.3 is 5.97 Å². The molecule has 4 fully saturated rings. The molecule has 1 aromatic heterocycles. The lowest BCUT2D eigenvalue weighted by atomic mass is 9.36. The topological polar surface area (TPSA) is 69.0 Å². The molecule has 1 aliphatic heterocycles. The largest absolute Gasteiger partial charge is 0.472 e. The van der Waals surface area contributed by atoms with Gasteiger partial charge in [0.05, 0.1) is 18.6 Å². The smallest absolute Gasteiger partial charge is 0.302 e. The van der Waals surface area contributed by atoms with Gasteiger partial charge in [-0.3, -0.25) is 9.59 Å². The summed E-state index contributed by atoms with van der Waals surface area (Å²) in [6.07, 6.45) is 11.3. The Bertz CT molecular complexity index is 1050. The Kier molecular flexibility index (Phi) is 4.07. The van der Waals surface area contributed by atoms with Crippen molar-refractivity contribution in [3.63, 3.8) is 0 Å². The van der Waals surface area contributed by atoms with Gasteiger partial charge in [-0.15, -0.1) is 0 Å². The Hall–Kier alpha value is -1.88. The fraction of sp³-hybridized carbons (Fsp3) is 0.714. The third-order valence-electron chi connectivity index (χ3n) is 11.2. The first-order valence-electron chi connectivity index (χ1n) is 12.5. The molecule has 0 amide bonds. The molecule has 2 heterocycles. The minimum absolute atomic E-state index is 0.0574. The minimum atomic E-state index is -0.486. The van der Waals surface area contributed by atoms with E-state index in [0.29, 0.717) is 12.3 Å². The molecule has 1 spiro atoms. The molecule has 178 valence electrons. The van der Waals surface area contributed by atoms with Crippen LogP contribution in [0.3, 0.4) is 0 Å². The maximum Gasteiger partial charge on any atom is 0.302 e. The lowest BCUT2D eigenvalue weighted by Gasteiger charge is -2.67. The molecule has 0 bridgehead atoms. The molecule has 3 saturated carbocycles. The van der Waals surface area contributed by atoms with Crippen LogP contribution < -0.4 is 0 Å². The maximum atomic E-state index is 12.9. The Morgan fingerprint density at radius 2 is 1.88 bits per heavy atom. The Labute approximate surface area is 196 Å². The van der Waals surface area contributed by atoms with Gasteiger partial charge in [-0.25, -0.2) is 0 Å². The normalized spacial score (nSPS) is 51.2. The van der Waals surface area contributed by atoms with Gasteiger partial charge in [-0.2, -0.15) is 0 Å². The van der Waals surface area contributed by atoms with Crippen molar-refractivity contribution in [1.29, 1.82) is 0 Å². The van der Waals surface area contributed by atoms with Crippen LogP contribution in [-0.4, -0.2) is 29.6 Å². The van der Waals surface area contributed by atoms with Gasteiger partial charge in [0.1, 0.15) is 11.7 Å². The van der Waals surface area contributed by atoms with Crippen molar-refractivity contribution in [3.05, 3.63) is 36.3 Å². The summed E-state index contributed by atoms with van der Waals surface area (Å²) >= 11 is 0. The number of hydrogen-bond acceptors (Lipinski definition) is 5. The second-order valence-corrected chi connectivity index (χ2v) is 12.7. The van der Waals surface area contributed by atoms with Gasteiger partial charge in [0.2, 0.25) is 0 Å². The summed E-state index contributed by atoms with van der Waals surface area (Å²) in [6, 6.07) is 2.10. The zero-order valence-corrected chi connectivity index (χ0v) is 20.6. The number of furan rings is 1. The summed E-state index contributed by atoms with van der Waals surface area (Å²) in [4.78, 5) is 25.3. The number of rotatable bonds is 2. The van der Waals surface area contributed by atoms with E-state index in [1.807, 2.05) is 12.3 Å². The van der Waals surface area contributed by atoms with Crippen LogP contribution in [0, 0.1) is 33.5 Å². The molecule has 6 rings (SSSR count). The lowest BCUT2D eigenvalue weighted by molar-refractivity contribution is -0.232.